The first-order valence-electron chi connectivity index (χ1n) is 5.67. The summed E-state index contributed by atoms with van der Waals surface area (Å²) in [5, 5.41) is 38.6. The Labute approximate surface area is 110 Å². The van der Waals surface area contributed by atoms with Gasteiger partial charge in [-0.1, -0.05) is 12.1 Å². The number of carbonyl (C=O) groups excluding carboxylic acids is 1. The molecule has 0 saturated heterocycles. The van der Waals surface area contributed by atoms with Gasteiger partial charge in [0, 0.05) is 6.08 Å². The molecule has 104 valence electrons. The Hall–Kier alpha value is -1.89. The topological polar surface area (TPSA) is 110 Å². The number of hydrogen-bond acceptors (Lipinski definition) is 5. The SMILES string of the molecule is O=C(/C=C/c1ccc(O)cc1)NC(CO)(CO)CO. The van der Waals surface area contributed by atoms with Gasteiger partial charge in [0.1, 0.15) is 11.3 Å². The van der Waals surface area contributed by atoms with Gasteiger partial charge >= 0.3 is 0 Å². The van der Waals surface area contributed by atoms with Crippen molar-refractivity contribution in [3.05, 3.63) is 35.9 Å². The zero-order chi connectivity index (χ0) is 14.3. The summed E-state index contributed by atoms with van der Waals surface area (Å²) in [4.78, 5) is 11.6. The van der Waals surface area contributed by atoms with Crippen LogP contribution in [0, 0.1) is 0 Å². The highest BCUT2D eigenvalue weighted by Gasteiger charge is 2.28. The molecule has 0 saturated carbocycles. The molecule has 1 amide bonds. The maximum atomic E-state index is 11.6. The Morgan fingerprint density at radius 3 is 2.11 bits per heavy atom. The van der Waals surface area contributed by atoms with E-state index in [1.165, 1.54) is 24.3 Å². The minimum atomic E-state index is -1.43. The fourth-order valence-electron chi connectivity index (χ4n) is 1.33. The molecule has 0 atom stereocenters. The number of phenols is 1. The van der Waals surface area contributed by atoms with Crippen LogP contribution in [0.25, 0.3) is 6.08 Å². The monoisotopic (exact) mass is 267 g/mol. The van der Waals surface area contributed by atoms with E-state index >= 15 is 0 Å². The van der Waals surface area contributed by atoms with Gasteiger partial charge in [0.15, 0.2) is 0 Å². The van der Waals surface area contributed by atoms with Crippen molar-refractivity contribution in [2.75, 3.05) is 19.8 Å². The molecule has 0 aliphatic heterocycles. The Bertz CT molecular complexity index is 429. The Morgan fingerprint density at radius 1 is 1.11 bits per heavy atom. The first-order chi connectivity index (χ1) is 9.05. The van der Waals surface area contributed by atoms with E-state index in [2.05, 4.69) is 5.32 Å². The quantitative estimate of drug-likeness (QED) is 0.435. The van der Waals surface area contributed by atoms with Crippen molar-refractivity contribution in [2.45, 2.75) is 5.54 Å². The normalized spacial score (nSPS) is 11.7. The average molecular weight is 267 g/mol. The van der Waals surface area contributed by atoms with Gasteiger partial charge in [0.25, 0.3) is 0 Å². The second-order valence-electron chi connectivity index (χ2n) is 4.17. The number of benzene rings is 1. The summed E-state index contributed by atoms with van der Waals surface area (Å²) in [5.41, 5.74) is -0.730. The maximum absolute atomic E-state index is 11.6. The van der Waals surface area contributed by atoms with Gasteiger partial charge in [0.05, 0.1) is 19.8 Å². The van der Waals surface area contributed by atoms with Crippen molar-refractivity contribution in [1.29, 1.82) is 0 Å². The zero-order valence-electron chi connectivity index (χ0n) is 10.3. The Kier molecular flexibility index (Phi) is 5.50. The summed E-state index contributed by atoms with van der Waals surface area (Å²) in [7, 11) is 0. The number of hydrogen-bond donors (Lipinski definition) is 5. The van der Waals surface area contributed by atoms with Crippen LogP contribution in [0.4, 0.5) is 0 Å². The molecule has 19 heavy (non-hydrogen) atoms. The van der Waals surface area contributed by atoms with Gasteiger partial charge in [-0.25, -0.2) is 0 Å². The number of aliphatic hydroxyl groups is 3. The lowest BCUT2D eigenvalue weighted by molar-refractivity contribution is -0.120. The summed E-state index contributed by atoms with van der Waals surface area (Å²) in [6.07, 6.45) is 2.72. The third-order valence-corrected chi connectivity index (χ3v) is 2.62. The number of rotatable bonds is 6. The second kappa shape index (κ2) is 6.89. The van der Waals surface area contributed by atoms with Crippen LogP contribution in [-0.2, 0) is 4.79 Å². The highest BCUT2D eigenvalue weighted by atomic mass is 16.3. The van der Waals surface area contributed by atoms with E-state index in [1.807, 2.05) is 0 Å². The summed E-state index contributed by atoms with van der Waals surface area (Å²) in [6.45, 7) is -1.71. The average Bonchev–Trinajstić information content (AvgIpc) is 2.44. The molecular formula is C13H17NO5. The standard InChI is InChI=1S/C13H17NO5/c15-7-13(8-16,9-17)14-12(19)6-3-10-1-4-11(18)5-2-10/h1-6,15-18H,7-9H2,(H,14,19)/b6-3+. The molecule has 0 spiro atoms. The van der Waals surface area contributed by atoms with Crippen LogP contribution < -0.4 is 5.32 Å². The van der Waals surface area contributed by atoms with E-state index in [1.54, 1.807) is 12.1 Å². The first-order valence-corrected chi connectivity index (χ1v) is 5.67. The van der Waals surface area contributed by atoms with Crippen molar-refractivity contribution in [3.8, 4) is 5.75 Å². The number of phenolic OH excluding ortho intramolecular Hbond substituents is 1. The lowest BCUT2D eigenvalue weighted by Gasteiger charge is -2.27. The zero-order valence-corrected chi connectivity index (χ0v) is 10.3. The molecule has 0 aliphatic rings. The van der Waals surface area contributed by atoms with Crippen LogP contribution >= 0.6 is 0 Å². The molecular weight excluding hydrogens is 250 g/mol. The molecule has 0 bridgehead atoms. The molecule has 0 aliphatic carbocycles. The predicted molar refractivity (Wildman–Crippen MR) is 69.3 cm³/mol. The summed E-state index contributed by atoms with van der Waals surface area (Å²) < 4.78 is 0. The first kappa shape index (κ1) is 15.2. The number of amides is 1. The molecule has 6 heteroatoms. The van der Waals surface area contributed by atoms with Crippen LogP contribution in [0.3, 0.4) is 0 Å². The van der Waals surface area contributed by atoms with E-state index in [4.69, 9.17) is 20.4 Å². The van der Waals surface area contributed by atoms with Crippen molar-refractivity contribution < 1.29 is 25.2 Å². The molecule has 0 radical (unpaired) electrons. The molecule has 0 unspecified atom stereocenters. The largest absolute Gasteiger partial charge is 0.508 e. The van der Waals surface area contributed by atoms with Crippen LogP contribution in [0.15, 0.2) is 30.3 Å². The van der Waals surface area contributed by atoms with E-state index < -0.39 is 31.3 Å². The van der Waals surface area contributed by atoms with Gasteiger partial charge < -0.3 is 25.7 Å². The second-order valence-corrected chi connectivity index (χ2v) is 4.17. The van der Waals surface area contributed by atoms with Crippen molar-refractivity contribution in [2.24, 2.45) is 0 Å². The highest BCUT2D eigenvalue weighted by molar-refractivity contribution is 5.92. The predicted octanol–water partition coefficient (Wildman–Crippen LogP) is -0.763. The fourth-order valence-corrected chi connectivity index (χ4v) is 1.33. The van der Waals surface area contributed by atoms with Crippen molar-refractivity contribution in [3.63, 3.8) is 0 Å². The molecule has 1 aromatic carbocycles. The van der Waals surface area contributed by atoms with E-state index in [9.17, 15) is 4.79 Å². The number of aromatic hydroxyl groups is 1. The fraction of sp³-hybridized carbons (Fsp3) is 0.308. The van der Waals surface area contributed by atoms with Gasteiger partial charge in [0.2, 0.25) is 5.91 Å². The number of carbonyl (C=O) groups is 1. The van der Waals surface area contributed by atoms with E-state index in [0.717, 1.165) is 0 Å². The van der Waals surface area contributed by atoms with Gasteiger partial charge in [-0.3, -0.25) is 4.79 Å². The summed E-state index contributed by atoms with van der Waals surface area (Å²) in [5.74, 6) is -0.424. The minimum Gasteiger partial charge on any atom is -0.508 e. The lowest BCUT2D eigenvalue weighted by Crippen LogP contribution is -2.56. The molecule has 0 heterocycles. The van der Waals surface area contributed by atoms with E-state index in [0.29, 0.717) is 5.56 Å². The third-order valence-electron chi connectivity index (χ3n) is 2.62. The van der Waals surface area contributed by atoms with Crippen LogP contribution in [0.1, 0.15) is 5.56 Å². The number of aliphatic hydroxyl groups excluding tert-OH is 3. The lowest BCUT2D eigenvalue weighted by atomic mass is 10.0. The minimum absolute atomic E-state index is 0.126. The Morgan fingerprint density at radius 2 is 1.63 bits per heavy atom. The molecule has 0 fully saturated rings. The molecule has 0 aromatic heterocycles. The third kappa shape index (κ3) is 4.36. The van der Waals surface area contributed by atoms with E-state index in [-0.39, 0.29) is 5.75 Å². The smallest absolute Gasteiger partial charge is 0.244 e. The van der Waals surface area contributed by atoms with Crippen molar-refractivity contribution >= 4 is 12.0 Å². The van der Waals surface area contributed by atoms with Gasteiger partial charge in [-0.05, 0) is 23.8 Å². The van der Waals surface area contributed by atoms with Crippen LogP contribution in [-0.4, -0.2) is 51.7 Å². The number of nitrogens with one attached hydrogen (secondary N) is 1. The molecule has 6 nitrogen and oxygen atoms in total. The highest BCUT2D eigenvalue weighted by Crippen LogP contribution is 2.10. The molecule has 1 rings (SSSR count). The van der Waals surface area contributed by atoms with Crippen LogP contribution in [0.2, 0.25) is 0 Å². The van der Waals surface area contributed by atoms with Crippen molar-refractivity contribution in [1.82, 2.24) is 5.32 Å². The van der Waals surface area contributed by atoms with Gasteiger partial charge in [-0.15, -0.1) is 0 Å². The Balaban J connectivity index is 2.66. The summed E-state index contributed by atoms with van der Waals surface area (Å²) >= 11 is 0. The summed E-state index contributed by atoms with van der Waals surface area (Å²) in [6, 6.07) is 6.21. The molecule has 1 aromatic rings. The van der Waals surface area contributed by atoms with Gasteiger partial charge in [-0.2, -0.15) is 0 Å². The van der Waals surface area contributed by atoms with Crippen LogP contribution in [0.5, 0.6) is 5.75 Å². The maximum Gasteiger partial charge on any atom is 0.244 e. The molecule has 5 N–H and O–H groups in total.